The van der Waals surface area contributed by atoms with Crippen molar-refractivity contribution in [3.05, 3.63) is 28.1 Å². The highest BCUT2D eigenvalue weighted by atomic mass is 16.6. The Morgan fingerprint density at radius 2 is 2.26 bits per heavy atom. The number of aromatic amines is 1. The van der Waals surface area contributed by atoms with Crippen molar-refractivity contribution in [1.29, 1.82) is 0 Å². The second-order valence-electron chi connectivity index (χ2n) is 4.02. The van der Waals surface area contributed by atoms with Crippen LogP contribution in [0.25, 0.3) is 0 Å². The number of nitro groups is 1. The molecule has 0 aromatic carbocycles. The summed E-state index contributed by atoms with van der Waals surface area (Å²) in [5.74, 6) is -0.161. The van der Waals surface area contributed by atoms with Crippen LogP contribution in [0.1, 0.15) is 24.3 Å². The number of hydrogen-bond acceptors (Lipinski definition) is 5. The summed E-state index contributed by atoms with van der Waals surface area (Å²) in [5.41, 5.74) is 0.169. The fourth-order valence-electron chi connectivity index (χ4n) is 1.62. The minimum atomic E-state index is -0.528. The van der Waals surface area contributed by atoms with E-state index in [0.717, 1.165) is 6.54 Å². The molecule has 1 rings (SSSR count). The van der Waals surface area contributed by atoms with Crippen molar-refractivity contribution >= 4 is 11.5 Å². The Kier molecular flexibility index (Phi) is 6.17. The summed E-state index contributed by atoms with van der Waals surface area (Å²) in [7, 11) is 0. The lowest BCUT2D eigenvalue weighted by Crippen LogP contribution is -2.32. The molecule has 0 aliphatic carbocycles. The lowest BCUT2D eigenvalue weighted by atomic mass is 10.2. The summed E-state index contributed by atoms with van der Waals surface area (Å²) in [6.45, 7) is 6.70. The van der Waals surface area contributed by atoms with Crippen LogP contribution < -0.4 is 0 Å². The van der Waals surface area contributed by atoms with E-state index in [1.165, 1.54) is 12.3 Å². The highest BCUT2D eigenvalue weighted by Gasteiger charge is 2.16. The van der Waals surface area contributed by atoms with E-state index in [-0.39, 0.29) is 23.7 Å². The van der Waals surface area contributed by atoms with E-state index >= 15 is 0 Å². The summed E-state index contributed by atoms with van der Waals surface area (Å²) < 4.78 is 5.24. The fraction of sp³-hybridized carbons (Fsp3) is 0.583. The van der Waals surface area contributed by atoms with E-state index in [9.17, 15) is 14.9 Å². The third-order valence-electron chi connectivity index (χ3n) is 2.75. The first-order chi connectivity index (χ1) is 9.08. The second-order valence-corrected chi connectivity index (χ2v) is 4.02. The first kappa shape index (κ1) is 15.3. The number of rotatable bonds is 9. The van der Waals surface area contributed by atoms with E-state index in [0.29, 0.717) is 19.8 Å². The predicted octanol–water partition coefficient (Wildman–Crippen LogP) is 1.46. The third-order valence-corrected chi connectivity index (χ3v) is 2.75. The van der Waals surface area contributed by atoms with Crippen molar-refractivity contribution in [2.24, 2.45) is 0 Å². The van der Waals surface area contributed by atoms with E-state index in [1.54, 1.807) is 0 Å². The SMILES string of the molecule is CCOCCN(CC)CC(=O)c1cc([N+](=O)[O-])c[nH]1. The Bertz CT molecular complexity index is 430. The summed E-state index contributed by atoms with van der Waals surface area (Å²) >= 11 is 0. The number of aromatic nitrogens is 1. The Morgan fingerprint density at radius 1 is 1.53 bits per heavy atom. The van der Waals surface area contributed by atoms with Crippen molar-refractivity contribution in [1.82, 2.24) is 9.88 Å². The maximum absolute atomic E-state index is 11.9. The average molecular weight is 269 g/mol. The standard InChI is InChI=1S/C12H19N3O4/c1-3-14(5-6-19-4-2)9-12(16)11-7-10(8-13-11)15(17)18/h7-8,13H,3-6,9H2,1-2H3. The molecular weight excluding hydrogens is 250 g/mol. The molecule has 0 aliphatic heterocycles. The van der Waals surface area contributed by atoms with E-state index in [4.69, 9.17) is 4.74 Å². The monoisotopic (exact) mass is 269 g/mol. The minimum Gasteiger partial charge on any atom is -0.380 e. The Hall–Kier alpha value is -1.73. The molecule has 1 heterocycles. The van der Waals surface area contributed by atoms with Gasteiger partial charge in [-0.15, -0.1) is 0 Å². The Labute approximate surface area is 111 Å². The molecule has 0 amide bonds. The summed E-state index contributed by atoms with van der Waals surface area (Å²) in [6.07, 6.45) is 1.23. The number of carbonyl (C=O) groups excluding carboxylic acids is 1. The van der Waals surface area contributed by atoms with E-state index in [2.05, 4.69) is 4.98 Å². The highest BCUT2D eigenvalue weighted by Crippen LogP contribution is 2.12. The van der Waals surface area contributed by atoms with Crippen LogP contribution in [0.5, 0.6) is 0 Å². The predicted molar refractivity (Wildman–Crippen MR) is 70.4 cm³/mol. The van der Waals surface area contributed by atoms with Crippen LogP contribution in [0.15, 0.2) is 12.3 Å². The molecule has 0 spiro atoms. The molecule has 0 bridgehead atoms. The molecule has 0 fully saturated rings. The first-order valence-electron chi connectivity index (χ1n) is 6.24. The fourth-order valence-corrected chi connectivity index (χ4v) is 1.62. The van der Waals surface area contributed by atoms with Gasteiger partial charge in [0.05, 0.1) is 30.0 Å². The van der Waals surface area contributed by atoms with Gasteiger partial charge < -0.3 is 9.72 Å². The van der Waals surface area contributed by atoms with Crippen LogP contribution in [0.4, 0.5) is 5.69 Å². The van der Waals surface area contributed by atoms with Crippen molar-refractivity contribution in [2.45, 2.75) is 13.8 Å². The van der Waals surface area contributed by atoms with Gasteiger partial charge in [0, 0.05) is 19.2 Å². The van der Waals surface area contributed by atoms with Crippen LogP contribution in [-0.2, 0) is 4.74 Å². The molecule has 7 nitrogen and oxygen atoms in total. The van der Waals surface area contributed by atoms with Crippen LogP contribution in [-0.4, -0.2) is 53.4 Å². The van der Waals surface area contributed by atoms with Gasteiger partial charge in [-0.2, -0.15) is 0 Å². The molecule has 1 aromatic heterocycles. The molecule has 0 aliphatic rings. The molecule has 0 unspecified atom stereocenters. The van der Waals surface area contributed by atoms with Gasteiger partial charge in [-0.3, -0.25) is 19.8 Å². The zero-order valence-corrected chi connectivity index (χ0v) is 11.2. The highest BCUT2D eigenvalue weighted by molar-refractivity contribution is 5.96. The molecule has 1 aromatic rings. The smallest absolute Gasteiger partial charge is 0.287 e. The average Bonchev–Trinajstić information content (AvgIpc) is 2.87. The van der Waals surface area contributed by atoms with Crippen molar-refractivity contribution < 1.29 is 14.5 Å². The van der Waals surface area contributed by atoms with Gasteiger partial charge in [0.1, 0.15) is 0 Å². The molecule has 0 atom stereocenters. The lowest BCUT2D eigenvalue weighted by molar-refractivity contribution is -0.384. The summed E-state index contributed by atoms with van der Waals surface area (Å²) in [6, 6.07) is 1.26. The zero-order valence-electron chi connectivity index (χ0n) is 11.2. The first-order valence-corrected chi connectivity index (χ1v) is 6.24. The molecule has 7 heteroatoms. The van der Waals surface area contributed by atoms with Crippen molar-refractivity contribution in [3.8, 4) is 0 Å². The number of ketones is 1. The molecule has 0 radical (unpaired) electrons. The van der Waals surface area contributed by atoms with Crippen LogP contribution in [0.2, 0.25) is 0 Å². The van der Waals surface area contributed by atoms with Gasteiger partial charge in [0.2, 0.25) is 0 Å². The maximum Gasteiger partial charge on any atom is 0.287 e. The van der Waals surface area contributed by atoms with Gasteiger partial charge >= 0.3 is 0 Å². The number of likely N-dealkylation sites (N-methyl/N-ethyl adjacent to an activating group) is 1. The van der Waals surface area contributed by atoms with Gasteiger partial charge in [-0.25, -0.2) is 0 Å². The number of hydrogen-bond donors (Lipinski definition) is 1. The van der Waals surface area contributed by atoms with Gasteiger partial charge in [0.25, 0.3) is 5.69 Å². The van der Waals surface area contributed by atoms with Gasteiger partial charge in [-0.1, -0.05) is 6.92 Å². The third kappa shape index (κ3) is 4.80. The van der Waals surface area contributed by atoms with Crippen LogP contribution in [0.3, 0.4) is 0 Å². The number of ether oxygens (including phenoxy) is 1. The maximum atomic E-state index is 11.9. The molecule has 106 valence electrons. The van der Waals surface area contributed by atoms with E-state index < -0.39 is 4.92 Å². The zero-order chi connectivity index (χ0) is 14.3. The second kappa shape index (κ2) is 7.65. The normalized spacial score (nSPS) is 10.9. The molecule has 19 heavy (non-hydrogen) atoms. The Morgan fingerprint density at radius 3 is 2.79 bits per heavy atom. The van der Waals surface area contributed by atoms with Crippen LogP contribution >= 0.6 is 0 Å². The Balaban J connectivity index is 2.53. The van der Waals surface area contributed by atoms with Gasteiger partial charge in [0.15, 0.2) is 5.78 Å². The number of H-pyrrole nitrogens is 1. The largest absolute Gasteiger partial charge is 0.380 e. The summed E-state index contributed by atoms with van der Waals surface area (Å²) in [4.78, 5) is 26.5. The number of carbonyl (C=O) groups is 1. The lowest BCUT2D eigenvalue weighted by Gasteiger charge is -2.18. The number of nitrogens with one attached hydrogen (secondary N) is 1. The van der Waals surface area contributed by atoms with Gasteiger partial charge in [-0.05, 0) is 13.5 Å². The van der Waals surface area contributed by atoms with E-state index in [1.807, 2.05) is 18.7 Å². The number of nitrogens with zero attached hydrogens (tertiary/aromatic N) is 2. The van der Waals surface area contributed by atoms with Crippen molar-refractivity contribution in [3.63, 3.8) is 0 Å². The topological polar surface area (TPSA) is 88.5 Å². The molecule has 1 N–H and O–H groups in total. The number of Topliss-reactive ketones (excluding diaryl/α,β-unsaturated/α-hetero) is 1. The molecule has 0 saturated heterocycles. The van der Waals surface area contributed by atoms with Crippen molar-refractivity contribution in [2.75, 3.05) is 32.8 Å². The minimum absolute atomic E-state index is 0.0966. The molecular formula is C12H19N3O4. The summed E-state index contributed by atoms with van der Waals surface area (Å²) in [5, 5.41) is 10.5. The van der Waals surface area contributed by atoms with Crippen LogP contribution in [0, 0.1) is 10.1 Å². The molecule has 0 saturated carbocycles. The quantitative estimate of drug-likeness (QED) is 0.317.